The van der Waals surface area contributed by atoms with Crippen molar-refractivity contribution in [1.29, 1.82) is 0 Å². The van der Waals surface area contributed by atoms with Crippen molar-refractivity contribution < 1.29 is 8.68 Å². The molecular formula is C16H12N3S+. The molecule has 0 aliphatic carbocycles. The molecule has 0 radical (unpaired) electrons. The molecule has 0 N–H and O–H groups in total. The molecule has 0 amide bonds. The van der Waals surface area contributed by atoms with E-state index in [0.717, 1.165) is 37.4 Å². The van der Waals surface area contributed by atoms with E-state index < -0.39 is 6.98 Å². The zero-order chi connectivity index (χ0) is 15.8. The summed E-state index contributed by atoms with van der Waals surface area (Å²) < 4.78 is 28.6. The fourth-order valence-electron chi connectivity index (χ4n) is 3.07. The number of thiazole rings is 1. The van der Waals surface area contributed by atoms with Gasteiger partial charge in [0, 0.05) is 28.9 Å². The normalized spacial score (nSPS) is 15.9. The van der Waals surface area contributed by atoms with E-state index in [1.165, 1.54) is 4.57 Å². The highest BCUT2D eigenvalue weighted by Gasteiger charge is 2.32. The molecule has 20 heavy (non-hydrogen) atoms. The second kappa shape index (κ2) is 3.46. The smallest absolute Gasteiger partial charge is 0.264 e. The maximum Gasteiger partial charge on any atom is 0.301 e. The Bertz CT molecular complexity index is 1090. The zero-order valence-corrected chi connectivity index (χ0v) is 11.3. The van der Waals surface area contributed by atoms with Gasteiger partial charge in [-0.15, -0.1) is 0 Å². The summed E-state index contributed by atoms with van der Waals surface area (Å²) in [6.45, 7) is -1.54. The van der Waals surface area contributed by atoms with Gasteiger partial charge in [-0.2, -0.15) is 0 Å². The van der Waals surface area contributed by atoms with Crippen LogP contribution in [0.15, 0.2) is 42.7 Å². The molecule has 3 aromatic heterocycles. The Kier molecular flexibility index (Phi) is 1.41. The van der Waals surface area contributed by atoms with E-state index in [-0.39, 0.29) is 0 Å². The molecule has 96 valence electrons. The quantitative estimate of drug-likeness (QED) is 0.400. The summed E-state index contributed by atoms with van der Waals surface area (Å²) in [5.74, 6) is 0. The first-order valence-corrected chi connectivity index (χ1v) is 7.27. The van der Waals surface area contributed by atoms with E-state index >= 15 is 0 Å². The number of pyridine rings is 1. The highest BCUT2D eigenvalue weighted by molar-refractivity contribution is 7.22. The average Bonchev–Trinajstić information content (AvgIpc) is 3.13. The van der Waals surface area contributed by atoms with Crippen LogP contribution in [0, 0.1) is 0 Å². The summed E-state index contributed by atoms with van der Waals surface area (Å²) in [5, 5.41) is 2.11. The standard InChI is InChI=1S/C16H12N3S/c1-18-13-5-3-2-4-12(13)14-15(18)19-9-10-8-17-7-6-11(10)16(19)20-14/h2-8H,9H2,1H3/q+1/i1D3. The van der Waals surface area contributed by atoms with E-state index in [4.69, 9.17) is 4.11 Å². The largest absolute Gasteiger partial charge is 0.301 e. The van der Waals surface area contributed by atoms with Crippen LogP contribution < -0.4 is 4.57 Å². The van der Waals surface area contributed by atoms with E-state index in [0.29, 0.717) is 6.54 Å². The van der Waals surface area contributed by atoms with Crippen molar-refractivity contribution in [3.8, 4) is 10.6 Å². The van der Waals surface area contributed by atoms with Crippen LogP contribution in [0.5, 0.6) is 0 Å². The molecule has 0 spiro atoms. The number of hydrogen-bond donors (Lipinski definition) is 0. The Morgan fingerprint density at radius 1 is 1.35 bits per heavy atom. The number of para-hydroxylation sites is 1. The summed E-state index contributed by atoms with van der Waals surface area (Å²) in [7, 11) is 0. The van der Waals surface area contributed by atoms with Crippen LogP contribution in [0.25, 0.3) is 31.8 Å². The molecule has 1 aromatic carbocycles. The molecule has 0 bridgehead atoms. The van der Waals surface area contributed by atoms with Gasteiger partial charge in [0.05, 0.1) is 11.1 Å². The van der Waals surface area contributed by atoms with Gasteiger partial charge < -0.3 is 0 Å². The fraction of sp³-hybridized carbons (Fsp3) is 0.125. The highest BCUT2D eigenvalue weighted by Crippen LogP contribution is 2.39. The van der Waals surface area contributed by atoms with Crippen molar-refractivity contribution in [1.82, 2.24) is 9.55 Å². The van der Waals surface area contributed by atoms with E-state index in [1.54, 1.807) is 17.5 Å². The van der Waals surface area contributed by atoms with Crippen molar-refractivity contribution in [2.24, 2.45) is 6.98 Å². The Balaban J connectivity index is 1.97. The lowest BCUT2D eigenvalue weighted by Crippen LogP contribution is -2.32. The first kappa shape index (κ1) is 8.17. The number of hydrogen-bond acceptors (Lipinski definition) is 2. The van der Waals surface area contributed by atoms with Crippen LogP contribution in [-0.2, 0) is 13.5 Å². The van der Waals surface area contributed by atoms with E-state index in [1.807, 2.05) is 36.5 Å². The Hall–Kier alpha value is -2.20. The predicted octanol–water partition coefficient (Wildman–Crippen LogP) is 3.10. The molecule has 0 saturated carbocycles. The monoisotopic (exact) mass is 281 g/mol. The second-order valence-corrected chi connectivity index (χ2v) is 6.03. The van der Waals surface area contributed by atoms with Gasteiger partial charge in [0.25, 0.3) is 0 Å². The lowest BCUT2D eigenvalue weighted by Gasteiger charge is -1.93. The lowest BCUT2D eigenvalue weighted by atomic mass is 10.2. The van der Waals surface area contributed by atoms with Gasteiger partial charge in [-0.25, -0.2) is 9.13 Å². The van der Waals surface area contributed by atoms with Crippen molar-refractivity contribution in [2.75, 3.05) is 0 Å². The molecule has 0 fully saturated rings. The average molecular weight is 281 g/mol. The van der Waals surface area contributed by atoms with E-state index in [9.17, 15) is 0 Å². The van der Waals surface area contributed by atoms with Gasteiger partial charge >= 0.3 is 5.65 Å². The van der Waals surface area contributed by atoms with Crippen LogP contribution in [0.1, 0.15) is 9.68 Å². The summed E-state index contributed by atoms with van der Waals surface area (Å²) in [4.78, 5) is 4.19. The molecule has 0 unspecified atom stereocenters. The maximum absolute atomic E-state index is 7.99. The van der Waals surface area contributed by atoms with Crippen molar-refractivity contribution >= 4 is 32.6 Å². The third-order valence-corrected chi connectivity index (χ3v) is 5.21. The van der Waals surface area contributed by atoms with Crippen molar-refractivity contribution in [3.05, 3.63) is 48.3 Å². The molecule has 1 aliphatic rings. The van der Waals surface area contributed by atoms with Gasteiger partial charge in [-0.1, -0.05) is 23.5 Å². The Labute approximate surface area is 123 Å². The van der Waals surface area contributed by atoms with Gasteiger partial charge in [0.1, 0.15) is 16.8 Å². The number of fused-ring (bicyclic) bond motifs is 7. The van der Waals surface area contributed by atoms with Crippen LogP contribution >= 0.6 is 11.3 Å². The van der Waals surface area contributed by atoms with Gasteiger partial charge in [0.15, 0.2) is 5.01 Å². The second-order valence-electron chi connectivity index (χ2n) is 5.03. The summed E-state index contributed by atoms with van der Waals surface area (Å²) in [6.07, 6.45) is 3.65. The van der Waals surface area contributed by atoms with Gasteiger partial charge in [-0.05, 0) is 18.2 Å². The lowest BCUT2D eigenvalue weighted by molar-refractivity contribution is -0.644. The predicted molar refractivity (Wildman–Crippen MR) is 80.8 cm³/mol. The SMILES string of the molecule is [2H]C([2H])([2H])n1c2ccccc2c2sc3[n+](c21)Cc1cnccc1-3. The minimum absolute atomic E-state index is 0.672. The number of aryl methyl sites for hydroxylation is 1. The molecule has 5 rings (SSSR count). The minimum atomic E-state index is -2.21. The highest BCUT2D eigenvalue weighted by atomic mass is 32.1. The third-order valence-electron chi connectivity index (χ3n) is 3.97. The molecule has 4 aromatic rings. The first-order chi connectivity index (χ1) is 11.1. The van der Waals surface area contributed by atoms with Crippen LogP contribution in [-0.4, -0.2) is 9.55 Å². The molecule has 4 heteroatoms. The summed E-state index contributed by atoms with van der Waals surface area (Å²) in [6, 6.07) is 9.73. The molecule has 0 atom stereocenters. The van der Waals surface area contributed by atoms with Gasteiger partial charge in [0.2, 0.25) is 0 Å². The molecule has 3 nitrogen and oxygen atoms in total. The third kappa shape index (κ3) is 1.11. The first-order valence-electron chi connectivity index (χ1n) is 7.95. The van der Waals surface area contributed by atoms with Crippen LogP contribution in [0.2, 0.25) is 0 Å². The Morgan fingerprint density at radius 2 is 2.30 bits per heavy atom. The number of aromatic nitrogens is 3. The zero-order valence-electron chi connectivity index (χ0n) is 13.5. The maximum atomic E-state index is 7.99. The number of benzene rings is 1. The topological polar surface area (TPSA) is 21.7 Å². The van der Waals surface area contributed by atoms with Gasteiger partial charge in [-0.3, -0.25) is 4.98 Å². The molecular weight excluding hydrogens is 266 g/mol. The van der Waals surface area contributed by atoms with Crippen LogP contribution in [0.3, 0.4) is 0 Å². The summed E-state index contributed by atoms with van der Waals surface area (Å²) in [5.41, 5.74) is 3.84. The molecule has 4 heterocycles. The number of nitrogens with zero attached hydrogens (tertiary/aromatic N) is 3. The minimum Gasteiger partial charge on any atom is -0.264 e. The molecule has 1 aliphatic heterocycles. The van der Waals surface area contributed by atoms with E-state index in [2.05, 4.69) is 9.55 Å². The molecule has 0 saturated heterocycles. The fourth-order valence-corrected chi connectivity index (χ4v) is 4.41. The van der Waals surface area contributed by atoms with Crippen LogP contribution in [0.4, 0.5) is 0 Å². The van der Waals surface area contributed by atoms with Crippen molar-refractivity contribution in [2.45, 2.75) is 6.54 Å². The van der Waals surface area contributed by atoms with Crippen molar-refractivity contribution in [3.63, 3.8) is 0 Å². The summed E-state index contributed by atoms with van der Waals surface area (Å²) >= 11 is 1.66. The Morgan fingerprint density at radius 3 is 3.25 bits per heavy atom. The number of rotatable bonds is 0.